The SMILES string of the molecule is CC1(C)OC[C@H]2OC(N)[C@H](O)[C@H]2O1.Cc1ccc(S(=O)(=O)O)cc1. The van der Waals surface area contributed by atoms with Crippen molar-refractivity contribution in [2.45, 2.75) is 56.0 Å². The Morgan fingerprint density at radius 3 is 2.38 bits per heavy atom. The molecule has 0 amide bonds. The predicted molar refractivity (Wildman–Crippen MR) is 84.8 cm³/mol. The second-order valence-corrected chi connectivity index (χ2v) is 7.63. The van der Waals surface area contributed by atoms with Gasteiger partial charge in [0.2, 0.25) is 0 Å². The minimum Gasteiger partial charge on any atom is -0.386 e. The average molecular weight is 361 g/mol. The third kappa shape index (κ3) is 4.73. The van der Waals surface area contributed by atoms with Crippen LogP contribution in [0.4, 0.5) is 0 Å². The average Bonchev–Trinajstić information content (AvgIpc) is 2.74. The van der Waals surface area contributed by atoms with E-state index in [0.717, 1.165) is 5.56 Å². The second-order valence-electron chi connectivity index (χ2n) is 6.21. The third-order valence-electron chi connectivity index (χ3n) is 3.71. The van der Waals surface area contributed by atoms with E-state index in [1.165, 1.54) is 12.1 Å². The summed E-state index contributed by atoms with van der Waals surface area (Å²) in [6.07, 6.45) is -2.02. The summed E-state index contributed by atoms with van der Waals surface area (Å²) in [6, 6.07) is 5.99. The minimum absolute atomic E-state index is 0.0666. The van der Waals surface area contributed by atoms with Crippen molar-refractivity contribution in [1.29, 1.82) is 0 Å². The largest absolute Gasteiger partial charge is 0.386 e. The molecule has 2 heterocycles. The molecule has 2 aliphatic rings. The number of nitrogens with two attached hydrogens (primary N) is 1. The van der Waals surface area contributed by atoms with Crippen LogP contribution < -0.4 is 5.73 Å². The Kier molecular flexibility index (Phi) is 5.65. The van der Waals surface area contributed by atoms with E-state index >= 15 is 0 Å². The Morgan fingerprint density at radius 1 is 1.25 bits per heavy atom. The maximum Gasteiger partial charge on any atom is 0.294 e. The molecule has 0 spiro atoms. The number of ether oxygens (including phenoxy) is 3. The minimum atomic E-state index is -4.02. The van der Waals surface area contributed by atoms with Crippen LogP contribution in [0.3, 0.4) is 0 Å². The summed E-state index contributed by atoms with van der Waals surface area (Å²) in [6.45, 7) is 5.87. The molecule has 1 aromatic rings. The lowest BCUT2D eigenvalue weighted by Gasteiger charge is -2.37. The molecule has 2 saturated heterocycles. The Labute approximate surface area is 141 Å². The molecular weight excluding hydrogens is 338 g/mol. The fraction of sp³-hybridized carbons (Fsp3) is 0.600. The molecule has 1 unspecified atom stereocenters. The van der Waals surface area contributed by atoms with Gasteiger partial charge in [0.05, 0.1) is 11.5 Å². The molecule has 1 aromatic carbocycles. The van der Waals surface area contributed by atoms with Crippen molar-refractivity contribution in [3.8, 4) is 0 Å². The highest BCUT2D eigenvalue weighted by Gasteiger charge is 2.49. The number of rotatable bonds is 1. The van der Waals surface area contributed by atoms with Crippen LogP contribution in [-0.2, 0) is 24.3 Å². The van der Waals surface area contributed by atoms with Crippen LogP contribution in [0.15, 0.2) is 29.2 Å². The van der Waals surface area contributed by atoms with Crippen molar-refractivity contribution in [2.24, 2.45) is 5.73 Å². The first kappa shape index (κ1) is 19.3. The van der Waals surface area contributed by atoms with E-state index < -0.39 is 28.2 Å². The summed E-state index contributed by atoms with van der Waals surface area (Å²) in [7, 11) is -4.02. The van der Waals surface area contributed by atoms with Crippen molar-refractivity contribution in [3.05, 3.63) is 29.8 Å². The number of hydrogen-bond acceptors (Lipinski definition) is 7. The Morgan fingerprint density at radius 2 is 1.83 bits per heavy atom. The van der Waals surface area contributed by atoms with E-state index in [4.69, 9.17) is 24.5 Å². The molecular formula is C15H23NO7S. The highest BCUT2D eigenvalue weighted by molar-refractivity contribution is 7.85. The zero-order chi connectivity index (χ0) is 18.1. The lowest BCUT2D eigenvalue weighted by molar-refractivity contribution is -0.300. The van der Waals surface area contributed by atoms with Gasteiger partial charge in [-0.1, -0.05) is 17.7 Å². The molecule has 0 bridgehead atoms. The van der Waals surface area contributed by atoms with Gasteiger partial charge in [-0.05, 0) is 32.9 Å². The summed E-state index contributed by atoms with van der Waals surface area (Å²) < 4.78 is 45.7. The number of hydrogen-bond donors (Lipinski definition) is 3. The molecule has 2 aliphatic heterocycles. The molecule has 9 heteroatoms. The van der Waals surface area contributed by atoms with E-state index in [9.17, 15) is 13.5 Å². The van der Waals surface area contributed by atoms with Gasteiger partial charge < -0.3 is 25.1 Å². The fourth-order valence-electron chi connectivity index (χ4n) is 2.40. The van der Waals surface area contributed by atoms with Crippen LogP contribution in [0.1, 0.15) is 19.4 Å². The molecule has 0 saturated carbocycles. The molecule has 4 atom stereocenters. The second kappa shape index (κ2) is 7.04. The Hall–Kier alpha value is -1.07. The molecule has 4 N–H and O–H groups in total. The van der Waals surface area contributed by atoms with E-state index in [1.807, 2.05) is 6.92 Å². The van der Waals surface area contributed by atoms with Gasteiger partial charge >= 0.3 is 0 Å². The highest BCUT2D eigenvalue weighted by Crippen LogP contribution is 2.31. The van der Waals surface area contributed by atoms with Crippen molar-refractivity contribution < 1.29 is 32.3 Å². The van der Waals surface area contributed by atoms with E-state index in [1.54, 1.807) is 26.0 Å². The normalized spacial score (nSPS) is 31.8. The standard InChI is InChI=1S/C8H15NO4.C7H8O3S/c1-8(2)11-3-4-6(13-8)5(10)7(9)12-4;1-6-2-4-7(5-3-6)11(8,9)10/h4-7,10H,3,9H2,1-2H3;2-5H,1H3,(H,8,9,10)/t4-,5-,6+,7?;/m1./s1. The molecule has 0 aromatic heterocycles. The topological polar surface area (TPSA) is 128 Å². The molecule has 8 nitrogen and oxygen atoms in total. The summed E-state index contributed by atoms with van der Waals surface area (Å²) in [5.74, 6) is -0.657. The van der Waals surface area contributed by atoms with Gasteiger partial charge in [-0.3, -0.25) is 4.55 Å². The van der Waals surface area contributed by atoms with E-state index in [0.29, 0.717) is 6.61 Å². The first-order valence-corrected chi connectivity index (χ1v) is 8.89. The maximum absolute atomic E-state index is 10.5. The van der Waals surface area contributed by atoms with Gasteiger partial charge in [-0.2, -0.15) is 8.42 Å². The quantitative estimate of drug-likeness (QED) is 0.614. The lowest BCUT2D eigenvalue weighted by Crippen LogP contribution is -2.50. The molecule has 3 rings (SSSR count). The Balaban J connectivity index is 0.000000177. The summed E-state index contributed by atoms with van der Waals surface area (Å²) in [5, 5.41) is 9.59. The Bertz CT molecular complexity index is 659. The fourth-order valence-corrected chi connectivity index (χ4v) is 2.88. The molecule has 24 heavy (non-hydrogen) atoms. The summed E-state index contributed by atoms with van der Waals surface area (Å²) >= 11 is 0. The number of benzene rings is 1. The molecule has 2 fully saturated rings. The smallest absolute Gasteiger partial charge is 0.294 e. The number of aliphatic hydroxyl groups excluding tert-OH is 1. The predicted octanol–water partition coefficient (Wildman–Crippen LogP) is 0.424. The van der Waals surface area contributed by atoms with Crippen LogP contribution >= 0.6 is 0 Å². The first-order chi connectivity index (χ1) is 11.0. The van der Waals surface area contributed by atoms with Gasteiger partial charge in [0, 0.05) is 0 Å². The lowest BCUT2D eigenvalue weighted by atomic mass is 10.1. The van der Waals surface area contributed by atoms with Crippen LogP contribution in [-0.4, -0.2) is 55.0 Å². The number of aryl methyl sites for hydroxylation is 1. The van der Waals surface area contributed by atoms with Crippen LogP contribution in [0.2, 0.25) is 0 Å². The summed E-state index contributed by atoms with van der Waals surface area (Å²) in [4.78, 5) is -0.0666. The maximum atomic E-state index is 10.5. The molecule has 0 radical (unpaired) electrons. The highest BCUT2D eigenvalue weighted by atomic mass is 32.2. The molecule has 0 aliphatic carbocycles. The van der Waals surface area contributed by atoms with E-state index in [-0.39, 0.29) is 17.1 Å². The first-order valence-electron chi connectivity index (χ1n) is 7.45. The molecule has 136 valence electrons. The van der Waals surface area contributed by atoms with Crippen LogP contribution in [0, 0.1) is 6.92 Å². The summed E-state index contributed by atoms with van der Waals surface area (Å²) in [5.41, 5.74) is 6.47. The van der Waals surface area contributed by atoms with Crippen molar-refractivity contribution in [3.63, 3.8) is 0 Å². The van der Waals surface area contributed by atoms with Gasteiger partial charge in [-0.25, -0.2) is 0 Å². The zero-order valence-corrected chi connectivity index (χ0v) is 14.6. The van der Waals surface area contributed by atoms with Crippen LogP contribution in [0.25, 0.3) is 0 Å². The van der Waals surface area contributed by atoms with Crippen molar-refractivity contribution in [1.82, 2.24) is 0 Å². The van der Waals surface area contributed by atoms with Gasteiger partial charge in [0.25, 0.3) is 10.1 Å². The van der Waals surface area contributed by atoms with Gasteiger partial charge in [0.1, 0.15) is 24.5 Å². The van der Waals surface area contributed by atoms with Gasteiger partial charge in [0.15, 0.2) is 5.79 Å². The van der Waals surface area contributed by atoms with E-state index in [2.05, 4.69) is 0 Å². The third-order valence-corrected chi connectivity index (χ3v) is 4.57. The van der Waals surface area contributed by atoms with Crippen molar-refractivity contribution >= 4 is 10.1 Å². The number of aliphatic hydroxyl groups is 1. The zero-order valence-electron chi connectivity index (χ0n) is 13.7. The van der Waals surface area contributed by atoms with Gasteiger partial charge in [-0.15, -0.1) is 0 Å². The van der Waals surface area contributed by atoms with Crippen LogP contribution in [0.5, 0.6) is 0 Å². The van der Waals surface area contributed by atoms with Crippen molar-refractivity contribution in [2.75, 3.05) is 6.61 Å². The number of fused-ring (bicyclic) bond motifs is 1. The monoisotopic (exact) mass is 361 g/mol.